The quantitative estimate of drug-likeness (QED) is 0.884. The summed E-state index contributed by atoms with van der Waals surface area (Å²) in [5, 5.41) is 2.84. The van der Waals surface area contributed by atoms with E-state index in [1.807, 2.05) is 13.0 Å². The largest absolute Gasteiger partial charge is 0.387 e. The second kappa shape index (κ2) is 5.80. The second-order valence-corrected chi connectivity index (χ2v) is 6.81. The van der Waals surface area contributed by atoms with Crippen molar-refractivity contribution < 1.29 is 8.42 Å². The molecule has 5 nitrogen and oxygen atoms in total. The van der Waals surface area contributed by atoms with Crippen LogP contribution in [0, 0.1) is 6.92 Å². The van der Waals surface area contributed by atoms with Gasteiger partial charge in [-0.1, -0.05) is 15.9 Å². The van der Waals surface area contributed by atoms with E-state index in [0.29, 0.717) is 11.4 Å². The Kier molecular flexibility index (Phi) is 4.29. The molecule has 0 bridgehead atoms. The number of aromatic nitrogens is 1. The van der Waals surface area contributed by atoms with Gasteiger partial charge in [0.25, 0.3) is 10.0 Å². The summed E-state index contributed by atoms with van der Waals surface area (Å²) in [7, 11) is -2.02. The minimum absolute atomic E-state index is 0.111. The van der Waals surface area contributed by atoms with Crippen LogP contribution in [0.3, 0.4) is 0 Å². The van der Waals surface area contributed by atoms with Crippen molar-refractivity contribution >= 4 is 37.3 Å². The summed E-state index contributed by atoms with van der Waals surface area (Å²) >= 11 is 3.35. The van der Waals surface area contributed by atoms with Crippen molar-refractivity contribution in [3.8, 4) is 0 Å². The summed E-state index contributed by atoms with van der Waals surface area (Å²) in [4.78, 5) is 3.98. The Bertz CT molecular complexity index is 712. The van der Waals surface area contributed by atoms with Gasteiger partial charge in [0.2, 0.25) is 0 Å². The lowest BCUT2D eigenvalue weighted by atomic mass is 10.2. The van der Waals surface area contributed by atoms with Crippen LogP contribution in [0.2, 0.25) is 0 Å². The third-order valence-electron chi connectivity index (χ3n) is 2.64. The van der Waals surface area contributed by atoms with E-state index in [9.17, 15) is 8.42 Å². The number of pyridine rings is 1. The monoisotopic (exact) mass is 355 g/mol. The number of benzene rings is 1. The Morgan fingerprint density at radius 3 is 2.65 bits per heavy atom. The molecule has 106 valence electrons. The molecule has 1 aromatic carbocycles. The predicted octanol–water partition coefficient (Wildman–Crippen LogP) is 3.00. The first-order valence-corrected chi connectivity index (χ1v) is 8.12. The van der Waals surface area contributed by atoms with Crippen LogP contribution in [0.4, 0.5) is 11.4 Å². The van der Waals surface area contributed by atoms with Crippen LogP contribution in [0.5, 0.6) is 0 Å². The topological polar surface area (TPSA) is 71.1 Å². The van der Waals surface area contributed by atoms with Crippen LogP contribution in [0.1, 0.15) is 5.56 Å². The lowest BCUT2D eigenvalue weighted by Crippen LogP contribution is -2.15. The molecule has 0 saturated heterocycles. The molecule has 7 heteroatoms. The summed E-state index contributed by atoms with van der Waals surface area (Å²) in [6.45, 7) is 1.89. The van der Waals surface area contributed by atoms with Gasteiger partial charge in [0.1, 0.15) is 4.90 Å². The highest BCUT2D eigenvalue weighted by atomic mass is 79.9. The van der Waals surface area contributed by atoms with Gasteiger partial charge in [-0.15, -0.1) is 0 Å². The van der Waals surface area contributed by atoms with E-state index in [-0.39, 0.29) is 4.90 Å². The van der Waals surface area contributed by atoms with Crippen molar-refractivity contribution in [2.75, 3.05) is 17.1 Å². The van der Waals surface area contributed by atoms with Gasteiger partial charge in [-0.2, -0.15) is 0 Å². The second-order valence-electron chi connectivity index (χ2n) is 4.24. The number of nitrogens with one attached hydrogen (secondary N) is 2. The summed E-state index contributed by atoms with van der Waals surface area (Å²) in [6.07, 6.45) is 2.85. The summed E-state index contributed by atoms with van der Waals surface area (Å²) in [5.41, 5.74) is 1.96. The van der Waals surface area contributed by atoms with Gasteiger partial charge in [-0.3, -0.25) is 9.71 Å². The summed E-state index contributed by atoms with van der Waals surface area (Å²) in [5.74, 6) is 0. The number of rotatable bonds is 4. The number of anilines is 2. The van der Waals surface area contributed by atoms with Crippen LogP contribution in [0.25, 0.3) is 0 Å². The maximum Gasteiger partial charge on any atom is 0.265 e. The molecule has 0 radical (unpaired) electrons. The fraction of sp³-hybridized carbons (Fsp3) is 0.154. The normalized spacial score (nSPS) is 11.2. The zero-order valence-corrected chi connectivity index (χ0v) is 13.4. The Labute approximate surface area is 126 Å². The molecular formula is C13H14BrN3O2S. The number of aryl methyl sites for hydroxylation is 1. The first-order valence-electron chi connectivity index (χ1n) is 5.84. The minimum atomic E-state index is -3.69. The molecule has 0 amide bonds. The molecule has 1 aromatic heterocycles. The highest BCUT2D eigenvalue weighted by Crippen LogP contribution is 2.24. The maximum atomic E-state index is 12.4. The molecule has 1 heterocycles. The van der Waals surface area contributed by atoms with Crippen LogP contribution in [-0.4, -0.2) is 20.4 Å². The molecule has 0 fully saturated rings. The van der Waals surface area contributed by atoms with E-state index in [4.69, 9.17) is 0 Å². The average Bonchev–Trinajstić information content (AvgIpc) is 2.36. The van der Waals surface area contributed by atoms with Gasteiger partial charge < -0.3 is 5.32 Å². The van der Waals surface area contributed by atoms with Crippen LogP contribution < -0.4 is 10.0 Å². The minimum Gasteiger partial charge on any atom is -0.387 e. The molecule has 0 spiro atoms. The Balaban J connectivity index is 2.41. The highest BCUT2D eigenvalue weighted by molar-refractivity contribution is 9.10. The number of nitrogens with zero attached hydrogens (tertiary/aromatic N) is 1. The zero-order chi connectivity index (χ0) is 14.8. The molecule has 0 aliphatic heterocycles. The van der Waals surface area contributed by atoms with Crippen molar-refractivity contribution in [2.45, 2.75) is 11.8 Å². The third-order valence-corrected chi connectivity index (χ3v) is 4.50. The summed E-state index contributed by atoms with van der Waals surface area (Å²) < 4.78 is 28.2. The standard InChI is InChI=1S/C13H14BrN3O2S/c1-9-5-10(14)7-11(6-9)17-20(18,19)13-8-16-4-3-12(13)15-2/h3-8,17H,1-2H3,(H,15,16). The Morgan fingerprint density at radius 1 is 1.25 bits per heavy atom. The smallest absolute Gasteiger partial charge is 0.265 e. The van der Waals surface area contributed by atoms with E-state index in [1.165, 1.54) is 12.4 Å². The van der Waals surface area contributed by atoms with E-state index in [0.717, 1.165) is 10.0 Å². The number of hydrogen-bond acceptors (Lipinski definition) is 4. The van der Waals surface area contributed by atoms with Crippen LogP contribution in [0.15, 0.2) is 46.0 Å². The molecule has 2 aromatic rings. The molecule has 20 heavy (non-hydrogen) atoms. The zero-order valence-electron chi connectivity index (χ0n) is 11.0. The molecule has 2 rings (SSSR count). The van der Waals surface area contributed by atoms with Crippen molar-refractivity contribution in [1.29, 1.82) is 0 Å². The van der Waals surface area contributed by atoms with E-state index < -0.39 is 10.0 Å². The molecule has 0 atom stereocenters. The van der Waals surface area contributed by atoms with Crippen LogP contribution >= 0.6 is 15.9 Å². The molecule has 0 unspecified atom stereocenters. The van der Waals surface area contributed by atoms with Gasteiger partial charge >= 0.3 is 0 Å². The molecule has 0 saturated carbocycles. The number of hydrogen-bond donors (Lipinski definition) is 2. The number of halogens is 1. The average molecular weight is 356 g/mol. The van der Waals surface area contributed by atoms with Gasteiger partial charge in [0.05, 0.1) is 11.4 Å². The first-order chi connectivity index (χ1) is 9.42. The molecular weight excluding hydrogens is 342 g/mol. The van der Waals surface area contributed by atoms with Crippen molar-refractivity contribution in [3.05, 3.63) is 46.7 Å². The lowest BCUT2D eigenvalue weighted by molar-refractivity contribution is 0.601. The van der Waals surface area contributed by atoms with Gasteiger partial charge in [0, 0.05) is 23.9 Å². The van der Waals surface area contributed by atoms with Gasteiger partial charge in [-0.25, -0.2) is 8.42 Å². The lowest BCUT2D eigenvalue weighted by Gasteiger charge is -2.12. The fourth-order valence-corrected chi connectivity index (χ4v) is 3.61. The van der Waals surface area contributed by atoms with Crippen molar-refractivity contribution in [2.24, 2.45) is 0 Å². The third kappa shape index (κ3) is 3.29. The highest BCUT2D eigenvalue weighted by Gasteiger charge is 2.18. The van der Waals surface area contributed by atoms with Crippen molar-refractivity contribution in [3.63, 3.8) is 0 Å². The Hall–Kier alpha value is -1.60. The molecule has 2 N–H and O–H groups in total. The van der Waals surface area contributed by atoms with Crippen molar-refractivity contribution in [1.82, 2.24) is 4.98 Å². The van der Waals surface area contributed by atoms with E-state index >= 15 is 0 Å². The van der Waals surface area contributed by atoms with Gasteiger partial charge in [0.15, 0.2) is 0 Å². The molecule has 0 aliphatic rings. The van der Waals surface area contributed by atoms with E-state index in [2.05, 4.69) is 31.0 Å². The predicted molar refractivity (Wildman–Crippen MR) is 83.5 cm³/mol. The summed E-state index contributed by atoms with van der Waals surface area (Å²) in [6, 6.07) is 6.99. The SMILES string of the molecule is CNc1ccncc1S(=O)(=O)Nc1cc(C)cc(Br)c1. The first kappa shape index (κ1) is 14.8. The maximum absolute atomic E-state index is 12.4. The Morgan fingerprint density at radius 2 is 2.00 bits per heavy atom. The van der Waals surface area contributed by atoms with Gasteiger partial charge in [-0.05, 0) is 36.8 Å². The van der Waals surface area contributed by atoms with Crippen LogP contribution in [-0.2, 0) is 10.0 Å². The molecule has 0 aliphatic carbocycles. The fourth-order valence-electron chi connectivity index (χ4n) is 1.81. The van der Waals surface area contributed by atoms with E-state index in [1.54, 1.807) is 25.2 Å². The number of sulfonamides is 1.